The van der Waals surface area contributed by atoms with E-state index in [1.165, 1.54) is 0 Å². The van der Waals surface area contributed by atoms with Crippen LogP contribution < -0.4 is 23.8 Å². The van der Waals surface area contributed by atoms with Gasteiger partial charge in [0.05, 0.1) is 14.5 Å². The molecule has 1 atom stereocenters. The van der Waals surface area contributed by atoms with Crippen LogP contribution in [0.4, 0.5) is 11.4 Å². The summed E-state index contributed by atoms with van der Waals surface area (Å²) >= 11 is 3.40. The maximum Gasteiger partial charge on any atom is 0.292 e. The smallest absolute Gasteiger partial charge is 0.292 e. The van der Waals surface area contributed by atoms with Crippen molar-refractivity contribution < 1.29 is 28.5 Å². The minimum absolute atomic E-state index is 0.491. The van der Waals surface area contributed by atoms with Gasteiger partial charge in [0.1, 0.15) is 0 Å². The molecule has 8 heteroatoms. The van der Waals surface area contributed by atoms with Crippen LogP contribution in [0.2, 0.25) is 0 Å². The van der Waals surface area contributed by atoms with Crippen molar-refractivity contribution in [2.45, 2.75) is 5.60 Å². The Bertz CT molecular complexity index is 1160. The summed E-state index contributed by atoms with van der Waals surface area (Å²) in [7, 11) is 3.01. The topological polar surface area (TPSA) is 84.9 Å². The predicted octanol–water partition coefficient (Wildman–Crippen LogP) is 3.01. The van der Waals surface area contributed by atoms with Crippen molar-refractivity contribution in [3.63, 3.8) is 0 Å². The Labute approximate surface area is 217 Å². The van der Waals surface area contributed by atoms with Crippen LogP contribution in [0, 0.1) is 10.2 Å². The number of nitrogens with zero attached hydrogens (tertiary/aromatic N) is 2. The van der Waals surface area contributed by atoms with Crippen molar-refractivity contribution in [2.75, 3.05) is 38.0 Å². The highest BCUT2D eigenvalue weighted by Gasteiger charge is 2.47. The molecule has 0 aliphatic heterocycles. The van der Waals surface area contributed by atoms with Crippen molar-refractivity contribution in [3.05, 3.63) is 112 Å². The van der Waals surface area contributed by atoms with Gasteiger partial charge in [-0.3, -0.25) is 0 Å². The zero-order valence-electron chi connectivity index (χ0n) is 20.0. The molecule has 0 bridgehead atoms. The van der Waals surface area contributed by atoms with Crippen molar-refractivity contribution in [1.29, 1.82) is 0 Å². The highest BCUT2D eigenvalue weighted by molar-refractivity contribution is 9.10. The predicted molar refractivity (Wildman–Crippen MR) is 136 cm³/mol. The summed E-state index contributed by atoms with van der Waals surface area (Å²) in [4.78, 5) is 3.94. The first-order chi connectivity index (χ1) is 16.5. The summed E-state index contributed by atoms with van der Waals surface area (Å²) in [5, 5.41) is 0. The molecule has 0 radical (unpaired) electrons. The van der Waals surface area contributed by atoms with Crippen LogP contribution in [-0.4, -0.2) is 28.2 Å². The molecule has 1 unspecified atom stereocenters. The largest absolute Gasteiger partial charge is 0.378 e. The average Bonchev–Trinajstić information content (AvgIpc) is 2.81. The van der Waals surface area contributed by atoms with Gasteiger partial charge in [-0.1, -0.05) is 70.6 Å². The van der Waals surface area contributed by atoms with E-state index in [1.807, 2.05) is 80.5 Å². The molecule has 0 N–H and O–H groups in total. The molecule has 184 valence electrons. The third-order valence-electron chi connectivity index (χ3n) is 5.44. The summed E-state index contributed by atoms with van der Waals surface area (Å²) in [6.45, 7) is 0. The van der Waals surface area contributed by atoms with Gasteiger partial charge < -0.3 is 9.80 Å². The second-order valence-electron chi connectivity index (χ2n) is 8.34. The molecular weight excluding hydrogens is 532 g/mol. The number of allylic oxidation sites excluding steroid dienone is 2. The molecule has 0 amide bonds. The zero-order chi connectivity index (χ0) is 25.6. The number of benzene rings is 3. The van der Waals surface area contributed by atoms with Crippen LogP contribution in [0.25, 0.3) is 6.08 Å². The third kappa shape index (κ3) is 7.18. The first-order valence-corrected chi connectivity index (χ1v) is 12.8. The fourth-order valence-electron chi connectivity index (χ4n) is 3.57. The summed E-state index contributed by atoms with van der Waals surface area (Å²) in [5.74, 6) is 0. The molecule has 35 heavy (non-hydrogen) atoms. The third-order valence-corrected chi connectivity index (χ3v) is 6.40. The van der Waals surface area contributed by atoms with Gasteiger partial charge in [-0.05, 0) is 48.0 Å². The maximum atomic E-state index is 11.9. The van der Waals surface area contributed by atoms with Crippen LogP contribution in [0.3, 0.4) is 0 Å². The van der Waals surface area contributed by atoms with Crippen molar-refractivity contribution >= 4 is 33.4 Å². The fourth-order valence-corrected chi connectivity index (χ4v) is 4.36. The molecule has 3 aromatic carbocycles. The SMILES string of the molecule is CN(C)c1ccc(C=CC=CC(O[Cl+3]([O-])([O-])[O-])(c2ccc(Br)cc2)c2ccc(N(C)C)cc2)cc1. The minimum atomic E-state index is -4.75. The molecule has 0 spiro atoms. The van der Waals surface area contributed by atoms with Crippen molar-refractivity contribution in [1.82, 2.24) is 0 Å². The normalized spacial score (nSPS) is 13.8. The number of hydrogen-bond donors (Lipinski definition) is 0. The second kappa shape index (κ2) is 11.4. The molecule has 6 nitrogen and oxygen atoms in total. The first kappa shape index (κ1) is 26.9. The molecule has 0 fully saturated rings. The standard InChI is InChI=1S/C27H28BrClN2O4/c1-30(2)25-16-8-21(9-17-25)7-5-6-20-27(35-29(32,33)34,22-10-14-24(28)15-11-22)23-12-18-26(19-13-23)31(3)4/h5-20H,1-4H3. The molecule has 0 saturated heterocycles. The van der Waals surface area contributed by atoms with Crippen LogP contribution >= 0.6 is 15.9 Å². The lowest BCUT2D eigenvalue weighted by Crippen LogP contribution is -2.63. The van der Waals surface area contributed by atoms with Crippen molar-refractivity contribution in [2.24, 2.45) is 0 Å². The Morgan fingerprint density at radius 1 is 0.714 bits per heavy atom. The van der Waals surface area contributed by atoms with Gasteiger partial charge in [-0.25, -0.2) is 0 Å². The summed E-state index contributed by atoms with van der Waals surface area (Å²) in [6.07, 6.45) is 6.93. The summed E-state index contributed by atoms with van der Waals surface area (Å²) in [5.41, 5.74) is 2.31. The van der Waals surface area contributed by atoms with E-state index in [0.29, 0.717) is 11.1 Å². The van der Waals surface area contributed by atoms with Gasteiger partial charge in [0.25, 0.3) is 5.60 Å². The highest BCUT2D eigenvalue weighted by Crippen LogP contribution is 2.38. The van der Waals surface area contributed by atoms with E-state index in [9.17, 15) is 14.0 Å². The Hall–Kier alpha value is -2.65. The Kier molecular flexibility index (Phi) is 8.77. The van der Waals surface area contributed by atoms with E-state index < -0.39 is 15.8 Å². The van der Waals surface area contributed by atoms with Gasteiger partial charge in [0, 0.05) is 55.2 Å². The Morgan fingerprint density at radius 3 is 1.63 bits per heavy atom. The lowest BCUT2D eigenvalue weighted by Gasteiger charge is -2.28. The van der Waals surface area contributed by atoms with E-state index in [-0.39, 0.29) is 0 Å². The minimum Gasteiger partial charge on any atom is -0.378 e. The molecule has 3 aromatic rings. The Balaban J connectivity index is 2.06. The number of anilines is 2. The summed E-state index contributed by atoms with van der Waals surface area (Å²) in [6, 6.07) is 22.2. The van der Waals surface area contributed by atoms with Crippen LogP contribution in [-0.2, 0) is 9.89 Å². The van der Waals surface area contributed by atoms with Gasteiger partial charge in [-0.2, -0.15) is 14.0 Å². The second-order valence-corrected chi connectivity index (χ2v) is 10.2. The van der Waals surface area contributed by atoms with Crippen LogP contribution in [0.1, 0.15) is 16.7 Å². The molecule has 0 saturated carbocycles. The molecule has 3 rings (SSSR count). The Morgan fingerprint density at radius 2 is 1.17 bits per heavy atom. The molecule has 0 aromatic heterocycles. The van der Waals surface area contributed by atoms with Gasteiger partial charge >= 0.3 is 0 Å². The lowest BCUT2D eigenvalue weighted by molar-refractivity contribution is -1.92. The van der Waals surface area contributed by atoms with E-state index in [0.717, 1.165) is 21.4 Å². The average molecular weight is 560 g/mol. The maximum absolute atomic E-state index is 11.9. The first-order valence-electron chi connectivity index (χ1n) is 10.8. The van der Waals surface area contributed by atoms with Crippen molar-refractivity contribution in [3.8, 4) is 0 Å². The number of hydrogen-bond acceptors (Lipinski definition) is 6. The monoisotopic (exact) mass is 558 g/mol. The van der Waals surface area contributed by atoms with Gasteiger partial charge in [0.15, 0.2) is 0 Å². The van der Waals surface area contributed by atoms with Gasteiger partial charge in [0.2, 0.25) is 0 Å². The molecule has 0 heterocycles. The zero-order valence-corrected chi connectivity index (χ0v) is 22.4. The van der Waals surface area contributed by atoms with Crippen LogP contribution in [0.15, 0.2) is 95.5 Å². The molecule has 0 aliphatic rings. The number of rotatable bonds is 9. The quantitative estimate of drug-likeness (QED) is 0.375. The van der Waals surface area contributed by atoms with E-state index >= 15 is 0 Å². The van der Waals surface area contributed by atoms with E-state index in [2.05, 4.69) is 15.9 Å². The van der Waals surface area contributed by atoms with Gasteiger partial charge in [-0.15, -0.1) is 0 Å². The fraction of sp³-hybridized carbons (Fsp3) is 0.185. The van der Waals surface area contributed by atoms with E-state index in [1.54, 1.807) is 54.6 Å². The molecular formula is C27H28BrClN2O4. The molecule has 0 aliphatic carbocycles. The van der Waals surface area contributed by atoms with Crippen LogP contribution in [0.5, 0.6) is 0 Å². The van der Waals surface area contributed by atoms with E-state index in [4.69, 9.17) is 4.29 Å². The lowest BCUT2D eigenvalue weighted by atomic mass is 9.85. The highest BCUT2D eigenvalue weighted by atomic mass is 79.9. The summed E-state index contributed by atoms with van der Waals surface area (Å²) < 4.78 is 41.8. The number of halogens is 2.